The van der Waals surface area contributed by atoms with Gasteiger partial charge in [-0.3, -0.25) is 0 Å². The lowest BCUT2D eigenvalue weighted by atomic mass is 10.1. The minimum atomic E-state index is 0.632. The lowest BCUT2D eigenvalue weighted by Crippen LogP contribution is -1.98. The molecule has 23 heavy (non-hydrogen) atoms. The van der Waals surface area contributed by atoms with Gasteiger partial charge in [0, 0.05) is 28.5 Å². The average Bonchev–Trinajstić information content (AvgIpc) is 3.02. The number of para-hydroxylation sites is 1. The maximum Gasteiger partial charge on any atom is 0.153 e. The number of pyridine rings is 1. The number of aromatic amines is 1. The van der Waals surface area contributed by atoms with E-state index in [4.69, 9.17) is 5.73 Å². The van der Waals surface area contributed by atoms with Crippen LogP contribution in [-0.4, -0.2) is 9.97 Å². The maximum atomic E-state index is 5.90. The van der Waals surface area contributed by atoms with Crippen LogP contribution in [0, 0.1) is 0 Å². The second-order valence-corrected chi connectivity index (χ2v) is 5.41. The summed E-state index contributed by atoms with van der Waals surface area (Å²) in [6.07, 6.45) is 1.72. The first kappa shape index (κ1) is 13.4. The molecule has 0 atom stereocenters. The third-order valence-corrected chi connectivity index (χ3v) is 3.83. The highest BCUT2D eigenvalue weighted by Crippen LogP contribution is 2.26. The first-order valence-corrected chi connectivity index (χ1v) is 7.45. The Morgan fingerprint density at radius 2 is 1.74 bits per heavy atom. The highest BCUT2D eigenvalue weighted by Gasteiger charge is 2.04. The summed E-state index contributed by atoms with van der Waals surface area (Å²) in [5.74, 6) is 0.672. The van der Waals surface area contributed by atoms with Crippen molar-refractivity contribution >= 4 is 28.1 Å². The number of nitrogens with one attached hydrogen (secondary N) is 2. The molecule has 2 aromatic carbocycles. The van der Waals surface area contributed by atoms with E-state index >= 15 is 0 Å². The number of aromatic nitrogens is 2. The van der Waals surface area contributed by atoms with Crippen molar-refractivity contribution in [2.24, 2.45) is 0 Å². The smallest absolute Gasteiger partial charge is 0.153 e. The van der Waals surface area contributed by atoms with E-state index in [1.807, 2.05) is 36.4 Å². The zero-order valence-electron chi connectivity index (χ0n) is 12.5. The summed E-state index contributed by atoms with van der Waals surface area (Å²) in [6.45, 7) is 0. The van der Waals surface area contributed by atoms with Crippen molar-refractivity contribution in [3.8, 4) is 11.3 Å². The fourth-order valence-electron chi connectivity index (χ4n) is 2.62. The van der Waals surface area contributed by atoms with Gasteiger partial charge in [-0.1, -0.05) is 30.3 Å². The Morgan fingerprint density at radius 3 is 2.52 bits per heavy atom. The lowest BCUT2D eigenvalue weighted by molar-refractivity contribution is 1.31. The Balaban J connectivity index is 1.61. The fraction of sp³-hybridized carbons (Fsp3) is 0. The van der Waals surface area contributed by atoms with E-state index in [9.17, 15) is 0 Å². The number of anilines is 3. The Morgan fingerprint density at radius 1 is 0.913 bits per heavy atom. The largest absolute Gasteiger partial charge is 0.396 e. The summed E-state index contributed by atoms with van der Waals surface area (Å²) in [6, 6.07) is 22.3. The molecule has 0 aliphatic carbocycles. The number of H-pyrrole nitrogens is 1. The Bertz CT molecular complexity index is 921. The molecular weight excluding hydrogens is 284 g/mol. The van der Waals surface area contributed by atoms with Crippen molar-refractivity contribution in [3.05, 3.63) is 72.9 Å². The zero-order chi connectivity index (χ0) is 15.6. The summed E-state index contributed by atoms with van der Waals surface area (Å²) in [5, 5.41) is 4.44. The van der Waals surface area contributed by atoms with Crippen molar-refractivity contribution in [3.63, 3.8) is 0 Å². The molecule has 0 radical (unpaired) electrons. The van der Waals surface area contributed by atoms with Gasteiger partial charge in [-0.05, 0) is 42.0 Å². The number of fused-ring (bicyclic) bond motifs is 1. The number of nitrogens with zero attached hydrogens (tertiary/aromatic N) is 1. The van der Waals surface area contributed by atoms with Gasteiger partial charge in [0.15, 0.2) is 5.82 Å². The molecule has 4 N–H and O–H groups in total. The summed E-state index contributed by atoms with van der Waals surface area (Å²) in [7, 11) is 0. The first-order chi connectivity index (χ1) is 11.3. The number of rotatable bonds is 3. The van der Waals surface area contributed by atoms with Gasteiger partial charge in [-0.25, -0.2) is 4.98 Å². The van der Waals surface area contributed by atoms with E-state index < -0.39 is 0 Å². The Labute approximate surface area is 134 Å². The van der Waals surface area contributed by atoms with Gasteiger partial charge in [-0.15, -0.1) is 0 Å². The minimum absolute atomic E-state index is 0.632. The van der Waals surface area contributed by atoms with Crippen LogP contribution in [0.25, 0.3) is 22.2 Å². The van der Waals surface area contributed by atoms with Crippen LogP contribution in [0.5, 0.6) is 0 Å². The molecule has 0 fully saturated rings. The molecule has 4 rings (SSSR count). The summed E-state index contributed by atoms with van der Waals surface area (Å²) in [5.41, 5.74) is 10.9. The lowest BCUT2D eigenvalue weighted by Gasteiger charge is -2.08. The van der Waals surface area contributed by atoms with Gasteiger partial charge in [0.05, 0.1) is 5.69 Å². The molecule has 0 unspecified atom stereocenters. The minimum Gasteiger partial charge on any atom is -0.396 e. The van der Waals surface area contributed by atoms with Crippen molar-refractivity contribution in [1.29, 1.82) is 0 Å². The first-order valence-electron chi connectivity index (χ1n) is 7.45. The molecule has 4 heteroatoms. The van der Waals surface area contributed by atoms with Gasteiger partial charge in [0.2, 0.25) is 0 Å². The van der Waals surface area contributed by atoms with Crippen LogP contribution in [0.4, 0.5) is 17.2 Å². The van der Waals surface area contributed by atoms with Crippen molar-refractivity contribution in [2.75, 3.05) is 11.1 Å². The predicted octanol–water partition coefficient (Wildman–Crippen LogP) is 4.56. The second kappa shape index (κ2) is 5.50. The van der Waals surface area contributed by atoms with Crippen LogP contribution in [-0.2, 0) is 0 Å². The SMILES string of the molecule is Nc1cccnc1Nc1ccc(-c2cc3ccccc3[nH]2)cc1. The summed E-state index contributed by atoms with van der Waals surface area (Å²) < 4.78 is 0. The van der Waals surface area contributed by atoms with Crippen LogP contribution < -0.4 is 11.1 Å². The third-order valence-electron chi connectivity index (χ3n) is 3.83. The summed E-state index contributed by atoms with van der Waals surface area (Å²) >= 11 is 0. The van der Waals surface area contributed by atoms with Crippen LogP contribution in [0.15, 0.2) is 72.9 Å². The standard InChI is InChI=1S/C19H16N4/c20-16-5-3-11-21-19(16)22-15-9-7-13(8-10-15)18-12-14-4-1-2-6-17(14)23-18/h1-12,23H,20H2,(H,21,22). The number of hydrogen-bond donors (Lipinski definition) is 3. The molecule has 112 valence electrons. The predicted molar refractivity (Wildman–Crippen MR) is 95.7 cm³/mol. The monoisotopic (exact) mass is 300 g/mol. The molecule has 0 bridgehead atoms. The molecule has 4 nitrogen and oxygen atoms in total. The number of hydrogen-bond acceptors (Lipinski definition) is 3. The molecule has 2 heterocycles. The molecule has 2 aromatic heterocycles. The van der Waals surface area contributed by atoms with Crippen molar-refractivity contribution < 1.29 is 0 Å². The quantitative estimate of drug-likeness (QED) is 0.520. The molecule has 0 saturated carbocycles. The Kier molecular flexibility index (Phi) is 3.20. The van der Waals surface area contributed by atoms with Crippen LogP contribution >= 0.6 is 0 Å². The van der Waals surface area contributed by atoms with Gasteiger partial charge < -0.3 is 16.0 Å². The van der Waals surface area contributed by atoms with Crippen molar-refractivity contribution in [2.45, 2.75) is 0 Å². The van der Waals surface area contributed by atoms with Crippen LogP contribution in [0.1, 0.15) is 0 Å². The van der Waals surface area contributed by atoms with Crippen LogP contribution in [0.2, 0.25) is 0 Å². The van der Waals surface area contributed by atoms with E-state index in [0.29, 0.717) is 11.5 Å². The molecule has 4 aromatic rings. The van der Waals surface area contributed by atoms with Crippen LogP contribution in [0.3, 0.4) is 0 Å². The maximum absolute atomic E-state index is 5.90. The number of nitrogens with two attached hydrogens (primary N) is 1. The molecule has 0 aliphatic heterocycles. The van der Waals surface area contributed by atoms with E-state index in [0.717, 1.165) is 22.5 Å². The fourth-order valence-corrected chi connectivity index (χ4v) is 2.62. The topological polar surface area (TPSA) is 66.7 Å². The van der Waals surface area contributed by atoms with Gasteiger partial charge >= 0.3 is 0 Å². The van der Waals surface area contributed by atoms with E-state index in [-0.39, 0.29) is 0 Å². The third kappa shape index (κ3) is 2.62. The van der Waals surface area contributed by atoms with Crippen molar-refractivity contribution in [1.82, 2.24) is 9.97 Å². The van der Waals surface area contributed by atoms with Gasteiger partial charge in [-0.2, -0.15) is 0 Å². The molecule has 0 amide bonds. The molecule has 0 spiro atoms. The molecule has 0 aliphatic rings. The van der Waals surface area contributed by atoms with Gasteiger partial charge in [0.25, 0.3) is 0 Å². The normalized spacial score (nSPS) is 10.8. The highest BCUT2D eigenvalue weighted by atomic mass is 15.0. The summed E-state index contributed by atoms with van der Waals surface area (Å²) in [4.78, 5) is 7.68. The van der Waals surface area contributed by atoms with Gasteiger partial charge in [0.1, 0.15) is 0 Å². The number of benzene rings is 2. The zero-order valence-corrected chi connectivity index (χ0v) is 12.5. The van der Waals surface area contributed by atoms with E-state index in [1.165, 1.54) is 5.39 Å². The van der Waals surface area contributed by atoms with E-state index in [2.05, 4.69) is 45.6 Å². The molecular formula is C19H16N4. The average molecular weight is 300 g/mol. The second-order valence-electron chi connectivity index (χ2n) is 5.41. The van der Waals surface area contributed by atoms with E-state index in [1.54, 1.807) is 6.20 Å². The molecule has 0 saturated heterocycles. The highest BCUT2D eigenvalue weighted by molar-refractivity contribution is 5.86. The Hall–Kier alpha value is -3.27. The number of nitrogen functional groups attached to an aromatic ring is 1.